The first-order valence-corrected chi connectivity index (χ1v) is 18.4. The molecule has 0 bridgehead atoms. The Kier molecular flexibility index (Phi) is 13.6. The average molecular weight is 757 g/mol. The van der Waals surface area contributed by atoms with Crippen molar-refractivity contribution in [3.63, 3.8) is 0 Å². The van der Waals surface area contributed by atoms with Crippen LogP contribution in [0.25, 0.3) is 11.1 Å². The Labute approximate surface area is 322 Å². The van der Waals surface area contributed by atoms with E-state index >= 15 is 0 Å². The molecule has 11 nitrogen and oxygen atoms in total. The number of rotatable bonds is 17. The maximum absolute atomic E-state index is 12.1. The molecule has 286 valence electrons. The van der Waals surface area contributed by atoms with Gasteiger partial charge in [-0.3, -0.25) is 14.7 Å². The second-order valence-corrected chi connectivity index (χ2v) is 14.5. The third-order valence-electron chi connectivity index (χ3n) is 10.4. The highest BCUT2D eigenvalue weighted by Gasteiger charge is 2.38. The van der Waals surface area contributed by atoms with Gasteiger partial charge in [-0.1, -0.05) is 41.9 Å². The second-order valence-electron chi connectivity index (χ2n) is 14.1. The number of carbonyl (C=O) groups is 1. The van der Waals surface area contributed by atoms with Crippen LogP contribution in [0.15, 0.2) is 60.9 Å². The van der Waals surface area contributed by atoms with Gasteiger partial charge in [0, 0.05) is 55.8 Å². The lowest BCUT2D eigenvalue weighted by molar-refractivity contribution is -0.152. The lowest BCUT2D eigenvalue weighted by Gasteiger charge is -2.34. The van der Waals surface area contributed by atoms with Crippen LogP contribution in [0.1, 0.15) is 58.7 Å². The first-order chi connectivity index (χ1) is 25.9. The molecule has 1 saturated heterocycles. The van der Waals surface area contributed by atoms with Crippen LogP contribution in [0, 0.1) is 32.1 Å². The van der Waals surface area contributed by atoms with Crippen molar-refractivity contribution in [2.45, 2.75) is 71.9 Å². The van der Waals surface area contributed by atoms with Gasteiger partial charge in [0.15, 0.2) is 0 Å². The fraction of sp³-hybridized carbons (Fsp3) is 0.405. The van der Waals surface area contributed by atoms with E-state index < -0.39 is 18.1 Å². The number of nitrogens with zero attached hydrogens (tertiary/aromatic N) is 4. The fourth-order valence-electron chi connectivity index (χ4n) is 6.59. The van der Waals surface area contributed by atoms with E-state index in [1.165, 1.54) is 18.0 Å². The van der Waals surface area contributed by atoms with Crippen LogP contribution in [0.3, 0.4) is 0 Å². The van der Waals surface area contributed by atoms with Gasteiger partial charge in [-0.2, -0.15) is 5.26 Å². The molecule has 0 aliphatic carbocycles. The zero-order valence-electron chi connectivity index (χ0n) is 31.6. The summed E-state index contributed by atoms with van der Waals surface area (Å²) in [5.74, 6) is 0.485. The molecule has 54 heavy (non-hydrogen) atoms. The van der Waals surface area contributed by atoms with Crippen molar-refractivity contribution in [1.29, 1.82) is 5.26 Å². The largest absolute Gasteiger partial charge is 0.493 e. The molecule has 3 N–H and O–H groups in total. The number of aliphatic hydroxyl groups excluding tert-OH is 2. The van der Waals surface area contributed by atoms with Gasteiger partial charge in [-0.25, -0.2) is 0 Å². The highest BCUT2D eigenvalue weighted by Crippen LogP contribution is 2.40. The number of hydrogen-bond acceptors (Lipinski definition) is 10. The number of nitriles is 1. The minimum absolute atomic E-state index is 0.0851. The van der Waals surface area contributed by atoms with Gasteiger partial charge in [0.05, 0.1) is 29.9 Å². The fourth-order valence-corrected chi connectivity index (χ4v) is 6.81. The summed E-state index contributed by atoms with van der Waals surface area (Å²) < 4.78 is 18.9. The van der Waals surface area contributed by atoms with Crippen LogP contribution in [0.4, 0.5) is 0 Å². The standard InChI is InChI=1S/C42H49ClN4O7/c1-27-32(9-6-10-34(27)35-11-7-12-37(28(35)2)52-16-8-14-47-15-13-33(49)22-47)25-54-39-18-38(53-24-31-17-30(19-44)20-45-21-31)36(29(3)40(39)43)23-46(5)42(4,26-48)41(50)51/h6-7,9-12,17-18,20-21,33,48-49H,8,13-16,22-26H2,1-5H3,(H,50,51). The SMILES string of the molecule is Cc1c(COc2cc(OCc3cncc(C#N)c3)c(CN(C)C(C)(CO)C(=O)O)c(C)c2Cl)cccc1-c1cccc(OCCCN2CCC(O)C2)c1C. The maximum Gasteiger partial charge on any atom is 0.326 e. The molecular formula is C42H49ClN4O7. The number of carboxylic acids is 1. The topological polar surface area (TPSA) is 149 Å². The lowest BCUT2D eigenvalue weighted by atomic mass is 9.93. The van der Waals surface area contributed by atoms with E-state index in [4.69, 9.17) is 25.8 Å². The van der Waals surface area contributed by atoms with Crippen molar-refractivity contribution in [1.82, 2.24) is 14.8 Å². The second kappa shape index (κ2) is 18.1. The minimum atomic E-state index is -1.55. The quantitative estimate of drug-likeness (QED) is 0.102. The molecule has 0 radical (unpaired) electrons. The van der Waals surface area contributed by atoms with Crippen molar-refractivity contribution >= 4 is 17.6 Å². The molecule has 1 aliphatic heterocycles. The number of benzene rings is 3. The van der Waals surface area contributed by atoms with E-state index in [2.05, 4.69) is 41.9 Å². The van der Waals surface area contributed by atoms with Crippen molar-refractivity contribution in [2.24, 2.45) is 0 Å². The maximum atomic E-state index is 12.1. The monoisotopic (exact) mass is 756 g/mol. The number of aliphatic carboxylic acids is 1. The smallest absolute Gasteiger partial charge is 0.326 e. The Balaban J connectivity index is 1.37. The summed E-state index contributed by atoms with van der Waals surface area (Å²) in [5.41, 5.74) is 5.98. The first kappa shape index (κ1) is 40.5. The summed E-state index contributed by atoms with van der Waals surface area (Å²) in [7, 11) is 1.62. The van der Waals surface area contributed by atoms with Crippen LogP contribution in [0.5, 0.6) is 17.2 Å². The molecule has 0 spiro atoms. The molecule has 0 amide bonds. The number of likely N-dealkylation sites (N-methyl/N-ethyl adjacent to an activating group) is 1. The molecule has 2 heterocycles. The Hall–Kier alpha value is -4.70. The van der Waals surface area contributed by atoms with Crippen LogP contribution in [-0.2, 0) is 24.6 Å². The van der Waals surface area contributed by atoms with E-state index in [9.17, 15) is 25.4 Å². The van der Waals surface area contributed by atoms with Crippen LogP contribution in [0.2, 0.25) is 5.02 Å². The van der Waals surface area contributed by atoms with Crippen molar-refractivity contribution < 1.29 is 34.3 Å². The molecule has 1 aromatic heterocycles. The molecule has 0 saturated carbocycles. The predicted octanol–water partition coefficient (Wildman–Crippen LogP) is 6.46. The van der Waals surface area contributed by atoms with Gasteiger partial charge < -0.3 is 34.4 Å². The van der Waals surface area contributed by atoms with Crippen molar-refractivity contribution in [2.75, 3.05) is 39.9 Å². The van der Waals surface area contributed by atoms with Crippen LogP contribution < -0.4 is 14.2 Å². The highest BCUT2D eigenvalue weighted by molar-refractivity contribution is 6.33. The van der Waals surface area contributed by atoms with Gasteiger partial charge in [0.2, 0.25) is 0 Å². The van der Waals surface area contributed by atoms with E-state index in [1.807, 2.05) is 31.2 Å². The van der Waals surface area contributed by atoms with E-state index in [1.54, 1.807) is 25.4 Å². The number of carboxylic acid groups (broad SMARTS) is 1. The summed E-state index contributed by atoms with van der Waals surface area (Å²) in [6, 6.07) is 17.7. The summed E-state index contributed by atoms with van der Waals surface area (Å²) in [6.45, 7) is 10.4. The molecule has 12 heteroatoms. The minimum Gasteiger partial charge on any atom is -0.493 e. The van der Waals surface area contributed by atoms with E-state index in [0.717, 1.165) is 66.0 Å². The Morgan fingerprint density at radius 1 is 1.02 bits per heavy atom. The first-order valence-electron chi connectivity index (χ1n) is 18.0. The number of β-amino-alcohol motifs (C(OH)–C–C–N with tert-alkyl or cyclic N) is 1. The number of aliphatic hydroxyl groups is 2. The lowest BCUT2D eigenvalue weighted by Crippen LogP contribution is -2.53. The number of hydrogen-bond donors (Lipinski definition) is 3. The number of likely N-dealkylation sites (tertiary alicyclic amines) is 1. The van der Waals surface area contributed by atoms with Crippen LogP contribution in [-0.4, -0.2) is 87.6 Å². The van der Waals surface area contributed by atoms with Gasteiger partial charge in [0.25, 0.3) is 0 Å². The third kappa shape index (κ3) is 9.32. The average Bonchev–Trinajstić information content (AvgIpc) is 3.59. The summed E-state index contributed by atoms with van der Waals surface area (Å²) in [6.07, 6.45) is 4.57. The number of ether oxygens (including phenoxy) is 3. The third-order valence-corrected chi connectivity index (χ3v) is 10.9. The zero-order chi connectivity index (χ0) is 39.0. The van der Waals surface area contributed by atoms with Gasteiger partial charge >= 0.3 is 5.97 Å². The Morgan fingerprint density at radius 3 is 2.43 bits per heavy atom. The molecule has 1 aliphatic rings. The molecule has 5 rings (SSSR count). The molecule has 2 atom stereocenters. The van der Waals surface area contributed by atoms with E-state index in [0.29, 0.717) is 45.4 Å². The van der Waals surface area contributed by atoms with Gasteiger partial charge in [0.1, 0.15) is 42.1 Å². The normalized spacial score (nSPS) is 15.5. The molecular weight excluding hydrogens is 708 g/mol. The van der Waals surface area contributed by atoms with Gasteiger partial charge in [-0.05, 0) is 93.1 Å². The number of aromatic nitrogens is 1. The summed E-state index contributed by atoms with van der Waals surface area (Å²) in [4.78, 5) is 20.1. The van der Waals surface area contributed by atoms with Crippen molar-refractivity contribution in [3.8, 4) is 34.4 Å². The Morgan fingerprint density at radius 2 is 1.74 bits per heavy atom. The molecule has 3 aromatic carbocycles. The van der Waals surface area contributed by atoms with Crippen LogP contribution >= 0.6 is 11.6 Å². The number of pyridine rings is 1. The molecule has 4 aromatic rings. The predicted molar refractivity (Wildman–Crippen MR) is 207 cm³/mol. The summed E-state index contributed by atoms with van der Waals surface area (Å²) in [5, 5.41) is 39.4. The van der Waals surface area contributed by atoms with Crippen molar-refractivity contribution in [3.05, 3.63) is 105 Å². The van der Waals surface area contributed by atoms with E-state index in [-0.39, 0.29) is 25.9 Å². The molecule has 2 unspecified atom stereocenters. The highest BCUT2D eigenvalue weighted by atomic mass is 35.5. The summed E-state index contributed by atoms with van der Waals surface area (Å²) >= 11 is 6.95. The number of halogens is 1. The molecule has 1 fully saturated rings. The Bertz CT molecular complexity index is 2000. The zero-order valence-corrected chi connectivity index (χ0v) is 32.3. The van der Waals surface area contributed by atoms with Gasteiger partial charge in [-0.15, -0.1) is 0 Å².